The highest BCUT2D eigenvalue weighted by molar-refractivity contribution is 6.10. The molecule has 6 heteroatoms. The molecule has 3 rings (SSSR count). The van der Waals surface area contributed by atoms with E-state index in [0.29, 0.717) is 22.8 Å². The van der Waals surface area contributed by atoms with Crippen molar-refractivity contribution < 1.29 is 18.7 Å². The van der Waals surface area contributed by atoms with Crippen LogP contribution >= 0.6 is 0 Å². The molecule has 0 aliphatic heterocycles. The molecule has 2 N–H and O–H groups in total. The Morgan fingerprint density at radius 2 is 1.79 bits per heavy atom. The van der Waals surface area contributed by atoms with Gasteiger partial charge in [-0.25, -0.2) is 0 Å². The highest BCUT2D eigenvalue weighted by Gasteiger charge is 2.16. The normalized spacial score (nSPS) is 11.0. The summed E-state index contributed by atoms with van der Waals surface area (Å²) in [5.74, 6) is 0.240. The number of hydrogen-bond donors (Lipinski definition) is 2. The number of ether oxygens (including phenoxy) is 1. The third-order valence-electron chi connectivity index (χ3n) is 4.32. The lowest BCUT2D eigenvalue weighted by Crippen LogP contribution is -2.31. The Balaban J connectivity index is 1.84. The number of benzene rings is 2. The van der Waals surface area contributed by atoms with Crippen LogP contribution < -0.4 is 15.4 Å². The summed E-state index contributed by atoms with van der Waals surface area (Å²) in [6.45, 7) is 2.01. The van der Waals surface area contributed by atoms with Crippen molar-refractivity contribution in [2.75, 3.05) is 12.4 Å². The zero-order valence-electron chi connectivity index (χ0n) is 16.3. The first-order valence-corrected chi connectivity index (χ1v) is 9.20. The molecule has 148 valence electrons. The van der Waals surface area contributed by atoms with Gasteiger partial charge in [0.2, 0.25) is 0 Å². The number of nitrogens with one attached hydrogen (secondary N) is 2. The Morgan fingerprint density at radius 1 is 1.03 bits per heavy atom. The first-order valence-electron chi connectivity index (χ1n) is 9.20. The summed E-state index contributed by atoms with van der Waals surface area (Å²) in [5.41, 5.74) is 2.17. The minimum absolute atomic E-state index is 0.0756. The molecule has 0 atom stereocenters. The monoisotopic (exact) mass is 390 g/mol. The van der Waals surface area contributed by atoms with E-state index in [-0.39, 0.29) is 5.70 Å². The fourth-order valence-electron chi connectivity index (χ4n) is 2.75. The van der Waals surface area contributed by atoms with Crippen LogP contribution in [0.2, 0.25) is 0 Å². The number of anilines is 1. The van der Waals surface area contributed by atoms with Crippen LogP contribution in [0.1, 0.15) is 28.6 Å². The smallest absolute Gasteiger partial charge is 0.272 e. The fraction of sp³-hybridized carbons (Fsp3) is 0.130. The highest BCUT2D eigenvalue weighted by atomic mass is 16.5. The van der Waals surface area contributed by atoms with E-state index in [1.165, 1.54) is 12.3 Å². The number of methoxy groups -OCH3 is 1. The van der Waals surface area contributed by atoms with Gasteiger partial charge in [0.05, 0.1) is 13.4 Å². The van der Waals surface area contributed by atoms with Crippen molar-refractivity contribution in [2.45, 2.75) is 13.3 Å². The summed E-state index contributed by atoms with van der Waals surface area (Å²) in [7, 11) is 1.55. The minimum Gasteiger partial charge on any atom is -0.497 e. The molecule has 0 saturated carbocycles. The summed E-state index contributed by atoms with van der Waals surface area (Å²) in [6.07, 6.45) is 3.76. The van der Waals surface area contributed by atoms with Gasteiger partial charge in [-0.05, 0) is 54.4 Å². The molecule has 0 unspecified atom stereocenters. The van der Waals surface area contributed by atoms with E-state index in [0.717, 1.165) is 12.0 Å². The van der Waals surface area contributed by atoms with Crippen molar-refractivity contribution in [3.63, 3.8) is 0 Å². The SMILES string of the molecule is CCc1ccccc1NC(=O)/C(=C/c1ccco1)NC(=O)c1ccc(OC)cc1. The third-order valence-corrected chi connectivity index (χ3v) is 4.32. The van der Waals surface area contributed by atoms with Gasteiger partial charge in [0.15, 0.2) is 0 Å². The van der Waals surface area contributed by atoms with E-state index < -0.39 is 11.8 Å². The molecule has 3 aromatic rings. The van der Waals surface area contributed by atoms with Gasteiger partial charge in [0, 0.05) is 17.3 Å². The van der Waals surface area contributed by atoms with Crippen molar-refractivity contribution >= 4 is 23.6 Å². The maximum Gasteiger partial charge on any atom is 0.272 e. The fourth-order valence-corrected chi connectivity index (χ4v) is 2.75. The topological polar surface area (TPSA) is 80.6 Å². The van der Waals surface area contributed by atoms with Gasteiger partial charge < -0.3 is 19.8 Å². The van der Waals surface area contributed by atoms with Crippen molar-refractivity contribution in [1.82, 2.24) is 5.32 Å². The standard InChI is InChI=1S/C23H22N2O4/c1-3-16-7-4-5-9-20(16)24-23(27)21(15-19-8-6-14-29-19)25-22(26)17-10-12-18(28-2)13-11-17/h4-15H,3H2,1-2H3,(H,24,27)(H,25,26)/b21-15-. The second-order valence-electron chi connectivity index (χ2n) is 6.22. The summed E-state index contributed by atoms with van der Waals surface area (Å²) in [5, 5.41) is 5.54. The second-order valence-corrected chi connectivity index (χ2v) is 6.22. The van der Waals surface area contributed by atoms with Crippen LogP contribution in [0, 0.1) is 0 Å². The Bertz CT molecular complexity index is 1010. The molecular formula is C23H22N2O4. The van der Waals surface area contributed by atoms with Crippen LogP contribution in [0.5, 0.6) is 5.75 Å². The van der Waals surface area contributed by atoms with Gasteiger partial charge in [-0.1, -0.05) is 25.1 Å². The molecule has 2 aromatic carbocycles. The van der Waals surface area contributed by atoms with Crippen LogP contribution in [-0.2, 0) is 11.2 Å². The van der Waals surface area contributed by atoms with Gasteiger partial charge in [0.1, 0.15) is 17.2 Å². The van der Waals surface area contributed by atoms with E-state index >= 15 is 0 Å². The average Bonchev–Trinajstić information content (AvgIpc) is 3.26. The van der Waals surface area contributed by atoms with Gasteiger partial charge in [-0.3, -0.25) is 9.59 Å². The van der Waals surface area contributed by atoms with Crippen molar-refractivity contribution in [3.8, 4) is 5.75 Å². The zero-order valence-corrected chi connectivity index (χ0v) is 16.3. The maximum absolute atomic E-state index is 12.9. The Kier molecular flexibility index (Phi) is 6.47. The molecule has 0 saturated heterocycles. The van der Waals surface area contributed by atoms with Gasteiger partial charge >= 0.3 is 0 Å². The first-order chi connectivity index (χ1) is 14.1. The lowest BCUT2D eigenvalue weighted by molar-refractivity contribution is -0.113. The van der Waals surface area contributed by atoms with Gasteiger partial charge in [0.25, 0.3) is 11.8 Å². The molecule has 0 radical (unpaired) electrons. The van der Waals surface area contributed by atoms with Crippen LogP contribution in [0.25, 0.3) is 6.08 Å². The van der Waals surface area contributed by atoms with Crippen molar-refractivity contribution in [2.24, 2.45) is 0 Å². The van der Waals surface area contributed by atoms with E-state index in [1.807, 2.05) is 31.2 Å². The predicted octanol–water partition coefficient (Wildman–Crippen LogP) is 4.26. The highest BCUT2D eigenvalue weighted by Crippen LogP contribution is 2.17. The van der Waals surface area contributed by atoms with Crippen molar-refractivity contribution in [1.29, 1.82) is 0 Å². The summed E-state index contributed by atoms with van der Waals surface area (Å²) in [4.78, 5) is 25.6. The van der Waals surface area contributed by atoms with Crippen LogP contribution in [0.15, 0.2) is 77.0 Å². The lowest BCUT2D eigenvalue weighted by Gasteiger charge is -2.13. The molecule has 0 spiro atoms. The van der Waals surface area contributed by atoms with E-state index in [2.05, 4.69) is 10.6 Å². The molecule has 0 aliphatic carbocycles. The summed E-state index contributed by atoms with van der Waals surface area (Å²) < 4.78 is 10.4. The Hall–Kier alpha value is -3.80. The quantitative estimate of drug-likeness (QED) is 0.591. The van der Waals surface area contributed by atoms with Crippen LogP contribution in [-0.4, -0.2) is 18.9 Å². The second kappa shape index (κ2) is 9.41. The number of carbonyl (C=O) groups excluding carboxylic acids is 2. The number of aryl methyl sites for hydroxylation is 1. The van der Waals surface area contributed by atoms with Crippen LogP contribution in [0.3, 0.4) is 0 Å². The predicted molar refractivity (Wildman–Crippen MR) is 112 cm³/mol. The van der Waals surface area contributed by atoms with Crippen molar-refractivity contribution in [3.05, 3.63) is 89.5 Å². The summed E-state index contributed by atoms with van der Waals surface area (Å²) >= 11 is 0. The van der Waals surface area contributed by atoms with Gasteiger partial charge in [-0.2, -0.15) is 0 Å². The number of hydrogen-bond acceptors (Lipinski definition) is 4. The zero-order chi connectivity index (χ0) is 20.6. The molecular weight excluding hydrogens is 368 g/mol. The molecule has 0 aliphatic rings. The van der Waals surface area contributed by atoms with E-state index in [9.17, 15) is 9.59 Å². The number of amides is 2. The molecule has 2 amide bonds. The molecule has 0 bridgehead atoms. The van der Waals surface area contributed by atoms with E-state index in [1.54, 1.807) is 43.5 Å². The van der Waals surface area contributed by atoms with Crippen LogP contribution in [0.4, 0.5) is 5.69 Å². The average molecular weight is 390 g/mol. The number of furan rings is 1. The van der Waals surface area contributed by atoms with E-state index in [4.69, 9.17) is 9.15 Å². The first kappa shape index (κ1) is 19.9. The molecule has 1 aromatic heterocycles. The number of rotatable bonds is 7. The Morgan fingerprint density at radius 3 is 2.45 bits per heavy atom. The van der Waals surface area contributed by atoms with Gasteiger partial charge in [-0.15, -0.1) is 0 Å². The maximum atomic E-state index is 12.9. The lowest BCUT2D eigenvalue weighted by atomic mass is 10.1. The molecule has 0 fully saturated rings. The molecule has 1 heterocycles. The molecule has 6 nitrogen and oxygen atoms in total. The number of para-hydroxylation sites is 1. The number of carbonyl (C=O) groups is 2. The summed E-state index contributed by atoms with van der Waals surface area (Å²) in [6, 6.07) is 17.6. The largest absolute Gasteiger partial charge is 0.497 e. The molecule has 29 heavy (non-hydrogen) atoms. The third kappa shape index (κ3) is 5.13. The Labute approximate surface area is 169 Å². The minimum atomic E-state index is -0.441.